The molecule has 4 heteroatoms. The molecule has 0 spiro atoms. The van der Waals surface area contributed by atoms with Crippen LogP contribution in [-0.4, -0.2) is 19.5 Å². The average Bonchev–Trinajstić information content (AvgIpc) is 2.58. The van der Waals surface area contributed by atoms with E-state index < -0.39 is 0 Å². The molecule has 2 aromatic heterocycles. The van der Waals surface area contributed by atoms with Gasteiger partial charge < -0.3 is 0 Å². The molecule has 0 aliphatic carbocycles. The summed E-state index contributed by atoms with van der Waals surface area (Å²) in [5.74, 6) is 0. The molecule has 2 heterocycles. The number of aromatic nitrogens is 4. The number of imidazole rings is 1. The Balaban J connectivity index is 2.57. The van der Waals surface area contributed by atoms with Crippen molar-refractivity contribution in [1.82, 2.24) is 19.5 Å². The topological polar surface area (TPSA) is 43.6 Å². The lowest BCUT2D eigenvalue weighted by Crippen LogP contribution is -1.86. The fourth-order valence-corrected chi connectivity index (χ4v) is 1.05. The second-order valence-corrected chi connectivity index (χ2v) is 2.46. The zero-order valence-corrected chi connectivity index (χ0v) is 6.96. The summed E-state index contributed by atoms with van der Waals surface area (Å²) in [5.41, 5.74) is 1.59. The van der Waals surface area contributed by atoms with Gasteiger partial charge in [0.05, 0.1) is 6.20 Å². The number of fused-ring (bicyclic) bond motifs is 1. The SMILES string of the molecule is C=CC=Cn1cnc2cncnc21. The van der Waals surface area contributed by atoms with Gasteiger partial charge in [0.15, 0.2) is 5.65 Å². The summed E-state index contributed by atoms with van der Waals surface area (Å²) in [6.07, 6.45) is 10.2. The fourth-order valence-electron chi connectivity index (χ4n) is 1.05. The lowest BCUT2D eigenvalue weighted by Gasteiger charge is -1.91. The van der Waals surface area contributed by atoms with E-state index in [2.05, 4.69) is 21.5 Å². The van der Waals surface area contributed by atoms with Gasteiger partial charge in [0, 0.05) is 6.20 Å². The maximum absolute atomic E-state index is 4.12. The molecule has 0 bridgehead atoms. The summed E-state index contributed by atoms with van der Waals surface area (Å²) in [4.78, 5) is 12.1. The van der Waals surface area contributed by atoms with Gasteiger partial charge in [-0.25, -0.2) is 15.0 Å². The minimum absolute atomic E-state index is 0.788. The molecule has 0 unspecified atom stereocenters. The van der Waals surface area contributed by atoms with Crippen LogP contribution in [0, 0.1) is 0 Å². The highest BCUT2D eigenvalue weighted by atomic mass is 15.1. The molecule has 64 valence electrons. The predicted octanol–water partition coefficient (Wildman–Crippen LogP) is 1.48. The highest BCUT2D eigenvalue weighted by molar-refractivity contribution is 5.71. The van der Waals surface area contributed by atoms with Crippen molar-refractivity contribution in [2.24, 2.45) is 0 Å². The van der Waals surface area contributed by atoms with Crippen LogP contribution in [0.5, 0.6) is 0 Å². The molecule has 0 radical (unpaired) electrons. The first kappa shape index (κ1) is 7.67. The van der Waals surface area contributed by atoms with E-state index in [1.54, 1.807) is 18.6 Å². The van der Waals surface area contributed by atoms with Crippen LogP contribution < -0.4 is 0 Å². The van der Waals surface area contributed by atoms with Crippen LogP contribution in [0.1, 0.15) is 0 Å². The fraction of sp³-hybridized carbons (Fsp3) is 0. The van der Waals surface area contributed by atoms with Gasteiger partial charge >= 0.3 is 0 Å². The quantitative estimate of drug-likeness (QED) is 0.644. The Kier molecular flexibility index (Phi) is 1.88. The second kappa shape index (κ2) is 3.18. The molecule has 0 saturated carbocycles. The monoisotopic (exact) mass is 172 g/mol. The third-order valence-corrected chi connectivity index (χ3v) is 1.62. The Labute approximate surface area is 75.3 Å². The Bertz CT molecular complexity index is 455. The van der Waals surface area contributed by atoms with Crippen molar-refractivity contribution in [3.8, 4) is 0 Å². The van der Waals surface area contributed by atoms with Gasteiger partial charge in [0.1, 0.15) is 18.2 Å². The van der Waals surface area contributed by atoms with E-state index >= 15 is 0 Å². The lowest BCUT2D eigenvalue weighted by atomic mass is 10.5. The van der Waals surface area contributed by atoms with Crippen molar-refractivity contribution in [3.63, 3.8) is 0 Å². The molecule has 2 rings (SSSR count). The maximum atomic E-state index is 4.12. The van der Waals surface area contributed by atoms with Gasteiger partial charge in [0.25, 0.3) is 0 Å². The Morgan fingerprint density at radius 1 is 1.38 bits per heavy atom. The largest absolute Gasteiger partial charge is 0.290 e. The van der Waals surface area contributed by atoms with E-state index in [9.17, 15) is 0 Å². The zero-order chi connectivity index (χ0) is 9.10. The van der Waals surface area contributed by atoms with Crippen LogP contribution in [0.15, 0.2) is 37.6 Å². The van der Waals surface area contributed by atoms with E-state index in [-0.39, 0.29) is 0 Å². The third kappa shape index (κ3) is 1.33. The van der Waals surface area contributed by atoms with Crippen molar-refractivity contribution in [2.45, 2.75) is 0 Å². The summed E-state index contributed by atoms with van der Waals surface area (Å²) in [7, 11) is 0. The van der Waals surface area contributed by atoms with Crippen molar-refractivity contribution >= 4 is 17.4 Å². The third-order valence-electron chi connectivity index (χ3n) is 1.62. The molecule has 4 nitrogen and oxygen atoms in total. The van der Waals surface area contributed by atoms with Gasteiger partial charge in [-0.3, -0.25) is 4.57 Å². The minimum atomic E-state index is 0.788. The van der Waals surface area contributed by atoms with Crippen LogP contribution in [0.25, 0.3) is 17.4 Å². The van der Waals surface area contributed by atoms with Crippen LogP contribution in [0.2, 0.25) is 0 Å². The van der Waals surface area contributed by atoms with Crippen LogP contribution in [0.4, 0.5) is 0 Å². The number of hydrogen-bond donors (Lipinski definition) is 0. The molecule has 0 atom stereocenters. The van der Waals surface area contributed by atoms with Crippen LogP contribution in [-0.2, 0) is 0 Å². The predicted molar refractivity (Wildman–Crippen MR) is 50.9 cm³/mol. The number of rotatable bonds is 2. The van der Waals surface area contributed by atoms with E-state index in [0.29, 0.717) is 0 Å². The van der Waals surface area contributed by atoms with E-state index in [0.717, 1.165) is 11.2 Å². The summed E-state index contributed by atoms with van der Waals surface area (Å²) in [5, 5.41) is 0. The van der Waals surface area contributed by atoms with Gasteiger partial charge in [-0.1, -0.05) is 12.7 Å². The van der Waals surface area contributed by atoms with Gasteiger partial charge in [0.2, 0.25) is 0 Å². The molecule has 0 fully saturated rings. The molecule has 0 saturated heterocycles. The average molecular weight is 172 g/mol. The highest BCUT2D eigenvalue weighted by Crippen LogP contribution is 2.06. The summed E-state index contributed by atoms with van der Waals surface area (Å²) in [6.45, 7) is 3.59. The molecule has 0 aromatic carbocycles. The molecular weight excluding hydrogens is 164 g/mol. The smallest absolute Gasteiger partial charge is 0.167 e. The van der Waals surface area contributed by atoms with E-state index in [1.807, 2.05) is 16.8 Å². The van der Waals surface area contributed by atoms with Gasteiger partial charge in [-0.05, 0) is 6.08 Å². The van der Waals surface area contributed by atoms with E-state index in [1.165, 1.54) is 6.33 Å². The molecule has 0 N–H and O–H groups in total. The summed E-state index contributed by atoms with van der Waals surface area (Å²) in [6, 6.07) is 0. The normalized spacial score (nSPS) is 11.1. The van der Waals surface area contributed by atoms with Crippen LogP contribution >= 0.6 is 0 Å². The summed E-state index contributed by atoms with van der Waals surface area (Å²) >= 11 is 0. The standard InChI is InChI=1S/C9H8N4/c1-2-3-4-13-7-12-8-5-10-6-11-9(8)13/h2-7H,1H2. The first-order valence-corrected chi connectivity index (χ1v) is 3.83. The molecular formula is C9H8N4. The molecule has 0 amide bonds. The second-order valence-electron chi connectivity index (χ2n) is 2.46. The summed E-state index contributed by atoms with van der Waals surface area (Å²) < 4.78 is 1.82. The molecule has 0 aliphatic rings. The zero-order valence-electron chi connectivity index (χ0n) is 6.96. The Hall–Kier alpha value is -1.97. The molecule has 13 heavy (non-hydrogen) atoms. The van der Waals surface area contributed by atoms with Gasteiger partial charge in [-0.15, -0.1) is 0 Å². The maximum Gasteiger partial charge on any atom is 0.167 e. The lowest BCUT2D eigenvalue weighted by molar-refractivity contribution is 1.12. The first-order valence-electron chi connectivity index (χ1n) is 3.83. The molecule has 0 aliphatic heterocycles. The highest BCUT2D eigenvalue weighted by Gasteiger charge is 1.98. The Morgan fingerprint density at radius 3 is 3.15 bits per heavy atom. The number of allylic oxidation sites excluding steroid dienone is 2. The first-order chi connectivity index (χ1) is 6.42. The minimum Gasteiger partial charge on any atom is -0.290 e. The van der Waals surface area contributed by atoms with Crippen LogP contribution in [0.3, 0.4) is 0 Å². The van der Waals surface area contributed by atoms with Crippen molar-refractivity contribution in [2.75, 3.05) is 0 Å². The molecule has 2 aromatic rings. The van der Waals surface area contributed by atoms with Crippen molar-refractivity contribution in [1.29, 1.82) is 0 Å². The van der Waals surface area contributed by atoms with E-state index in [4.69, 9.17) is 0 Å². The Morgan fingerprint density at radius 2 is 2.31 bits per heavy atom. The van der Waals surface area contributed by atoms with Crippen molar-refractivity contribution in [3.05, 3.63) is 37.6 Å². The van der Waals surface area contributed by atoms with Gasteiger partial charge in [-0.2, -0.15) is 0 Å². The van der Waals surface area contributed by atoms with Crippen molar-refractivity contribution < 1.29 is 0 Å². The number of nitrogens with zero attached hydrogens (tertiary/aromatic N) is 4. The number of hydrogen-bond acceptors (Lipinski definition) is 3.